The summed E-state index contributed by atoms with van der Waals surface area (Å²) in [5, 5.41) is 11.1. The lowest BCUT2D eigenvalue weighted by Crippen LogP contribution is -2.10. The third-order valence-electron chi connectivity index (χ3n) is 2.55. The van der Waals surface area contributed by atoms with Crippen LogP contribution in [0.15, 0.2) is 42.5 Å². The van der Waals surface area contributed by atoms with Crippen molar-refractivity contribution in [3.63, 3.8) is 0 Å². The van der Waals surface area contributed by atoms with Gasteiger partial charge in [0.1, 0.15) is 13.2 Å². The van der Waals surface area contributed by atoms with Gasteiger partial charge in [0.05, 0.1) is 4.92 Å². The molecule has 0 heterocycles. The Hall–Kier alpha value is -2.34. The summed E-state index contributed by atoms with van der Waals surface area (Å²) in [5.74, 6) is -0.289. The normalized spacial score (nSPS) is 10.2. The molecule has 2 aromatic rings. The summed E-state index contributed by atoms with van der Waals surface area (Å²) in [5.41, 5.74) is -0.228. The first-order valence-electron chi connectivity index (χ1n) is 6.02. The average Bonchev–Trinajstić information content (AvgIpc) is 2.46. The van der Waals surface area contributed by atoms with Gasteiger partial charge in [-0.15, -0.1) is 0 Å². The Morgan fingerprint density at radius 1 is 1.10 bits per heavy atom. The van der Waals surface area contributed by atoms with E-state index in [1.54, 1.807) is 12.1 Å². The van der Waals surface area contributed by atoms with Gasteiger partial charge in [-0.2, -0.15) is 0 Å². The lowest BCUT2D eigenvalue weighted by molar-refractivity contribution is -0.385. The average molecular weight is 312 g/mol. The van der Waals surface area contributed by atoms with Crippen LogP contribution in [-0.2, 0) is 0 Å². The number of hydrogen-bond donors (Lipinski definition) is 0. The Morgan fingerprint density at radius 3 is 2.43 bits per heavy atom. The summed E-state index contributed by atoms with van der Waals surface area (Å²) in [6.07, 6.45) is 0. The molecule has 0 aliphatic carbocycles. The van der Waals surface area contributed by atoms with Gasteiger partial charge in [-0.25, -0.2) is 4.39 Å². The zero-order valence-corrected chi connectivity index (χ0v) is 11.5. The van der Waals surface area contributed by atoms with Crippen molar-refractivity contribution in [1.29, 1.82) is 0 Å². The van der Waals surface area contributed by atoms with E-state index in [2.05, 4.69) is 0 Å². The molecule has 0 saturated carbocycles. The molecule has 21 heavy (non-hydrogen) atoms. The van der Waals surface area contributed by atoms with Crippen molar-refractivity contribution in [3.05, 3.63) is 63.4 Å². The molecule has 0 radical (unpaired) electrons. The molecular weight excluding hydrogens is 301 g/mol. The third-order valence-corrected chi connectivity index (χ3v) is 2.79. The molecule has 0 aliphatic rings. The first kappa shape index (κ1) is 15.1. The quantitative estimate of drug-likeness (QED) is 0.462. The van der Waals surface area contributed by atoms with E-state index in [1.807, 2.05) is 0 Å². The second-order valence-electron chi connectivity index (χ2n) is 4.00. The highest BCUT2D eigenvalue weighted by Crippen LogP contribution is 2.29. The number of ether oxygens (including phenoxy) is 2. The predicted octanol–water partition coefficient (Wildman–Crippen LogP) is 3.85. The predicted molar refractivity (Wildman–Crippen MR) is 75.5 cm³/mol. The van der Waals surface area contributed by atoms with Gasteiger partial charge in [0, 0.05) is 11.1 Å². The smallest absolute Gasteiger partial charge is 0.312 e. The van der Waals surface area contributed by atoms with Crippen molar-refractivity contribution in [2.45, 2.75) is 0 Å². The van der Waals surface area contributed by atoms with E-state index in [-0.39, 0.29) is 35.4 Å². The summed E-state index contributed by atoms with van der Waals surface area (Å²) in [4.78, 5) is 10.3. The van der Waals surface area contributed by atoms with Gasteiger partial charge in [0.25, 0.3) is 0 Å². The minimum absolute atomic E-state index is 0.0385. The van der Waals surface area contributed by atoms with E-state index >= 15 is 0 Å². The SMILES string of the molecule is O=[N+]([O-])c1cc(Cl)ccc1OCCOc1ccccc1F. The molecule has 0 atom stereocenters. The highest BCUT2D eigenvalue weighted by atomic mass is 35.5. The molecule has 0 aromatic heterocycles. The maximum absolute atomic E-state index is 13.3. The fourth-order valence-corrected chi connectivity index (χ4v) is 1.79. The van der Waals surface area contributed by atoms with Gasteiger partial charge in [-0.1, -0.05) is 23.7 Å². The van der Waals surface area contributed by atoms with Crippen LogP contribution in [0.4, 0.5) is 10.1 Å². The topological polar surface area (TPSA) is 61.6 Å². The molecule has 0 spiro atoms. The summed E-state index contributed by atoms with van der Waals surface area (Å²) in [6.45, 7) is 0.0948. The standard InChI is InChI=1S/C14H11ClFNO4/c15-10-5-6-14(12(9-10)17(18)19)21-8-7-20-13-4-2-1-3-11(13)16/h1-6,9H,7-8H2. The van der Waals surface area contributed by atoms with Crippen LogP contribution < -0.4 is 9.47 Å². The van der Waals surface area contributed by atoms with E-state index in [9.17, 15) is 14.5 Å². The number of rotatable bonds is 6. The van der Waals surface area contributed by atoms with Crippen molar-refractivity contribution >= 4 is 17.3 Å². The van der Waals surface area contributed by atoms with Crippen molar-refractivity contribution in [3.8, 4) is 11.5 Å². The molecule has 0 bridgehead atoms. The zero-order chi connectivity index (χ0) is 15.2. The number of nitro groups is 1. The van der Waals surface area contributed by atoms with Gasteiger partial charge >= 0.3 is 5.69 Å². The van der Waals surface area contributed by atoms with Crippen LogP contribution in [0.1, 0.15) is 0 Å². The number of nitrogens with zero attached hydrogens (tertiary/aromatic N) is 1. The third kappa shape index (κ3) is 4.06. The maximum Gasteiger partial charge on any atom is 0.312 e. The molecule has 0 N–H and O–H groups in total. The number of para-hydroxylation sites is 1. The molecule has 0 amide bonds. The highest BCUT2D eigenvalue weighted by Gasteiger charge is 2.15. The van der Waals surface area contributed by atoms with Gasteiger partial charge < -0.3 is 9.47 Å². The first-order valence-corrected chi connectivity index (χ1v) is 6.40. The van der Waals surface area contributed by atoms with E-state index in [1.165, 1.54) is 30.3 Å². The van der Waals surface area contributed by atoms with E-state index in [4.69, 9.17) is 21.1 Å². The molecular formula is C14H11ClFNO4. The minimum Gasteiger partial charge on any atom is -0.487 e. The number of benzene rings is 2. The Bertz CT molecular complexity index is 651. The van der Waals surface area contributed by atoms with Crippen molar-refractivity contribution < 1.29 is 18.8 Å². The Labute approximate surface area is 125 Å². The van der Waals surface area contributed by atoms with Gasteiger partial charge in [-0.3, -0.25) is 10.1 Å². The monoisotopic (exact) mass is 311 g/mol. The Morgan fingerprint density at radius 2 is 1.76 bits per heavy atom. The molecule has 7 heteroatoms. The van der Waals surface area contributed by atoms with Crippen LogP contribution >= 0.6 is 11.6 Å². The van der Waals surface area contributed by atoms with E-state index < -0.39 is 10.7 Å². The minimum atomic E-state index is -0.584. The summed E-state index contributed by atoms with van der Waals surface area (Å²) in [6, 6.07) is 10.1. The molecule has 110 valence electrons. The Balaban J connectivity index is 1.92. The largest absolute Gasteiger partial charge is 0.487 e. The Kier molecular flexibility index (Phi) is 4.94. The fraction of sp³-hybridized carbons (Fsp3) is 0.143. The van der Waals surface area contributed by atoms with Gasteiger partial charge in [-0.05, 0) is 24.3 Å². The molecule has 0 saturated heterocycles. The van der Waals surface area contributed by atoms with E-state index in [0.717, 1.165) is 0 Å². The first-order chi connectivity index (χ1) is 10.1. The van der Waals surface area contributed by atoms with Crippen LogP contribution in [0.25, 0.3) is 0 Å². The van der Waals surface area contributed by atoms with Crippen molar-refractivity contribution in [2.24, 2.45) is 0 Å². The highest BCUT2D eigenvalue weighted by molar-refractivity contribution is 6.30. The van der Waals surface area contributed by atoms with Crippen molar-refractivity contribution in [2.75, 3.05) is 13.2 Å². The second-order valence-corrected chi connectivity index (χ2v) is 4.43. The van der Waals surface area contributed by atoms with Gasteiger partial charge in [0.15, 0.2) is 17.3 Å². The zero-order valence-electron chi connectivity index (χ0n) is 10.8. The number of halogens is 2. The number of hydrogen-bond acceptors (Lipinski definition) is 4. The lowest BCUT2D eigenvalue weighted by atomic mass is 10.3. The van der Waals surface area contributed by atoms with E-state index in [0.29, 0.717) is 0 Å². The summed E-state index contributed by atoms with van der Waals surface area (Å²) >= 11 is 5.69. The van der Waals surface area contributed by atoms with Crippen LogP contribution in [0.5, 0.6) is 11.5 Å². The van der Waals surface area contributed by atoms with Crippen LogP contribution in [0, 0.1) is 15.9 Å². The molecule has 0 unspecified atom stereocenters. The maximum atomic E-state index is 13.3. The summed E-state index contributed by atoms with van der Waals surface area (Å²) < 4.78 is 23.7. The van der Waals surface area contributed by atoms with Crippen LogP contribution in [0.3, 0.4) is 0 Å². The molecule has 0 aliphatic heterocycles. The molecule has 5 nitrogen and oxygen atoms in total. The molecule has 2 aromatic carbocycles. The van der Waals surface area contributed by atoms with Gasteiger partial charge in [0.2, 0.25) is 0 Å². The summed E-state index contributed by atoms with van der Waals surface area (Å²) in [7, 11) is 0. The molecule has 0 fully saturated rings. The van der Waals surface area contributed by atoms with Crippen molar-refractivity contribution in [1.82, 2.24) is 0 Å². The van der Waals surface area contributed by atoms with Crippen LogP contribution in [-0.4, -0.2) is 18.1 Å². The number of nitro benzene ring substituents is 1. The second kappa shape index (κ2) is 6.90. The fourth-order valence-electron chi connectivity index (χ4n) is 1.62. The lowest BCUT2D eigenvalue weighted by Gasteiger charge is -2.09. The van der Waals surface area contributed by atoms with Crippen LogP contribution in [0.2, 0.25) is 5.02 Å². The molecule has 2 rings (SSSR count).